The molecule has 1 N–H and O–H groups in total. The molecule has 0 spiro atoms. The zero-order valence-corrected chi connectivity index (χ0v) is 22.4. The zero-order valence-electron chi connectivity index (χ0n) is 20.8. The lowest BCUT2D eigenvalue weighted by Crippen LogP contribution is -2.36. The van der Waals surface area contributed by atoms with Gasteiger partial charge in [0.1, 0.15) is 10.6 Å². The molecular formula is C23H34N2O6S2. The van der Waals surface area contributed by atoms with Crippen LogP contribution in [-0.2, 0) is 14.2 Å². The van der Waals surface area contributed by atoms with Crippen molar-refractivity contribution in [2.45, 2.75) is 54.1 Å². The molecule has 2 heterocycles. The van der Waals surface area contributed by atoms with E-state index in [0.717, 1.165) is 22.7 Å². The number of ether oxygens (including phenoxy) is 3. The summed E-state index contributed by atoms with van der Waals surface area (Å²) in [5.74, 6) is -0.664. The smallest absolute Gasteiger partial charge is 0.415 e. The van der Waals surface area contributed by atoms with E-state index in [-0.39, 0.29) is 5.97 Å². The molecule has 1 amide bonds. The summed E-state index contributed by atoms with van der Waals surface area (Å²) >= 11 is 2.86. The van der Waals surface area contributed by atoms with Crippen molar-refractivity contribution in [3.05, 3.63) is 33.0 Å². The van der Waals surface area contributed by atoms with Gasteiger partial charge in [-0.2, -0.15) is 0 Å². The van der Waals surface area contributed by atoms with Crippen LogP contribution in [0.5, 0.6) is 0 Å². The van der Waals surface area contributed by atoms with E-state index in [1.54, 1.807) is 12.3 Å². The molecule has 0 saturated heterocycles. The largest absolute Gasteiger partial charge is 0.465 e. The van der Waals surface area contributed by atoms with Crippen LogP contribution in [0, 0.1) is 13.8 Å². The summed E-state index contributed by atoms with van der Waals surface area (Å²) in [4.78, 5) is 36.5. The molecule has 2 aromatic heterocycles. The Labute approximate surface area is 203 Å². The lowest BCUT2D eigenvalue weighted by atomic mass is 10.2. The van der Waals surface area contributed by atoms with Gasteiger partial charge in [-0.25, -0.2) is 14.4 Å². The quantitative estimate of drug-likeness (QED) is 0.393. The van der Waals surface area contributed by atoms with Gasteiger partial charge in [0.25, 0.3) is 0 Å². The molecule has 2 aromatic rings. The average molecular weight is 499 g/mol. The van der Waals surface area contributed by atoms with Gasteiger partial charge in [-0.05, 0) is 59.6 Å². The molecular weight excluding hydrogens is 464 g/mol. The number of carbonyl (C=O) groups excluding carboxylic acids is 3. The summed E-state index contributed by atoms with van der Waals surface area (Å²) in [5, 5.41) is 8.46. The highest BCUT2D eigenvalue weighted by Gasteiger charge is 2.26. The number of hydrogen-bond acceptors (Lipinski definition) is 9. The second-order valence-corrected chi connectivity index (χ2v) is 9.66. The number of carbonyl (C=O) groups is 3. The van der Waals surface area contributed by atoms with Crippen LogP contribution in [0.4, 0.5) is 14.8 Å². The molecule has 0 aliphatic carbocycles. The summed E-state index contributed by atoms with van der Waals surface area (Å²) < 4.78 is 14.7. The molecule has 184 valence electrons. The SMILES string of the molecule is CCN(C(=O)OC(C)(C)C)c1scc(C(=O)OC)c1C.CCNc1scc(C(=O)OC)c1C. The number of methoxy groups -OCH3 is 2. The Kier molecular flexibility index (Phi) is 10.9. The Balaban J connectivity index is 0.000000361. The van der Waals surface area contributed by atoms with E-state index in [9.17, 15) is 14.4 Å². The first-order valence-electron chi connectivity index (χ1n) is 10.5. The minimum absolute atomic E-state index is 0.266. The van der Waals surface area contributed by atoms with Gasteiger partial charge >= 0.3 is 18.0 Å². The van der Waals surface area contributed by atoms with E-state index >= 15 is 0 Å². The summed E-state index contributed by atoms with van der Waals surface area (Å²) in [6.45, 7) is 14.4. The number of esters is 2. The van der Waals surface area contributed by atoms with Crippen LogP contribution in [0.1, 0.15) is 66.5 Å². The number of nitrogens with zero attached hydrogens (tertiary/aromatic N) is 1. The van der Waals surface area contributed by atoms with Crippen LogP contribution < -0.4 is 10.2 Å². The molecule has 0 radical (unpaired) electrons. The number of hydrogen-bond donors (Lipinski definition) is 1. The fourth-order valence-corrected chi connectivity index (χ4v) is 4.86. The monoisotopic (exact) mass is 498 g/mol. The van der Waals surface area contributed by atoms with Crippen LogP contribution in [0.25, 0.3) is 0 Å². The van der Waals surface area contributed by atoms with Crippen molar-refractivity contribution in [2.24, 2.45) is 0 Å². The van der Waals surface area contributed by atoms with Crippen molar-refractivity contribution in [3.8, 4) is 0 Å². The topological polar surface area (TPSA) is 94.2 Å². The number of nitrogens with one attached hydrogen (secondary N) is 1. The average Bonchev–Trinajstić information content (AvgIpc) is 3.30. The fraction of sp³-hybridized carbons (Fsp3) is 0.522. The van der Waals surface area contributed by atoms with E-state index in [4.69, 9.17) is 9.47 Å². The molecule has 33 heavy (non-hydrogen) atoms. The van der Waals surface area contributed by atoms with Gasteiger partial charge in [-0.15, -0.1) is 22.7 Å². The maximum Gasteiger partial charge on any atom is 0.415 e. The normalized spacial score (nSPS) is 10.6. The summed E-state index contributed by atoms with van der Waals surface area (Å²) in [6, 6.07) is 0. The Bertz CT molecular complexity index is 959. The molecule has 0 aromatic carbocycles. The first kappa shape index (κ1) is 28.4. The van der Waals surface area contributed by atoms with Gasteiger partial charge in [-0.3, -0.25) is 4.90 Å². The van der Waals surface area contributed by atoms with Crippen LogP contribution >= 0.6 is 22.7 Å². The fourth-order valence-electron chi connectivity index (χ4n) is 2.72. The maximum atomic E-state index is 12.2. The Morgan fingerprint density at radius 1 is 0.939 bits per heavy atom. The van der Waals surface area contributed by atoms with E-state index in [0.29, 0.717) is 22.7 Å². The third-order valence-electron chi connectivity index (χ3n) is 4.38. The van der Waals surface area contributed by atoms with Gasteiger partial charge in [0.15, 0.2) is 0 Å². The number of amides is 1. The van der Waals surface area contributed by atoms with E-state index in [1.807, 2.05) is 46.9 Å². The third kappa shape index (κ3) is 7.75. The highest BCUT2D eigenvalue weighted by molar-refractivity contribution is 7.15. The third-order valence-corrected chi connectivity index (χ3v) is 6.52. The Morgan fingerprint density at radius 3 is 1.91 bits per heavy atom. The van der Waals surface area contributed by atoms with Gasteiger partial charge < -0.3 is 19.5 Å². The van der Waals surface area contributed by atoms with E-state index in [2.05, 4.69) is 10.1 Å². The van der Waals surface area contributed by atoms with Crippen molar-refractivity contribution < 1.29 is 28.6 Å². The van der Waals surface area contributed by atoms with E-state index in [1.165, 1.54) is 41.8 Å². The molecule has 0 fully saturated rings. The van der Waals surface area contributed by atoms with Crippen LogP contribution in [-0.4, -0.2) is 50.9 Å². The van der Waals surface area contributed by atoms with Crippen molar-refractivity contribution in [1.82, 2.24) is 0 Å². The van der Waals surface area contributed by atoms with Crippen molar-refractivity contribution >= 4 is 50.7 Å². The minimum atomic E-state index is -0.555. The highest BCUT2D eigenvalue weighted by atomic mass is 32.1. The van der Waals surface area contributed by atoms with Gasteiger partial charge in [0.05, 0.1) is 30.3 Å². The first-order valence-corrected chi connectivity index (χ1v) is 12.2. The lowest BCUT2D eigenvalue weighted by Gasteiger charge is -2.26. The van der Waals surface area contributed by atoms with Crippen molar-refractivity contribution in [1.29, 1.82) is 0 Å². The summed E-state index contributed by atoms with van der Waals surface area (Å²) in [6.07, 6.45) is -0.415. The highest BCUT2D eigenvalue weighted by Crippen LogP contribution is 2.32. The molecule has 10 heteroatoms. The van der Waals surface area contributed by atoms with Crippen LogP contribution in [0.3, 0.4) is 0 Å². The standard InChI is InChI=1S/C14H21NO4S.C9H13NO2S/c1-7-15(13(17)19-14(3,4)5)11-9(2)10(8-20-11)12(16)18-6;1-4-10-8-6(2)7(5-13-8)9(11)12-3/h8H,7H2,1-6H3;5,10H,4H2,1-3H3. The molecule has 0 aliphatic heterocycles. The molecule has 0 unspecified atom stereocenters. The van der Waals surface area contributed by atoms with Crippen LogP contribution in [0.2, 0.25) is 0 Å². The van der Waals surface area contributed by atoms with Gasteiger partial charge in [-0.1, -0.05) is 0 Å². The van der Waals surface area contributed by atoms with Crippen molar-refractivity contribution in [2.75, 3.05) is 37.5 Å². The Morgan fingerprint density at radius 2 is 1.45 bits per heavy atom. The predicted molar refractivity (Wildman–Crippen MR) is 134 cm³/mol. The second kappa shape index (κ2) is 12.6. The van der Waals surface area contributed by atoms with Crippen molar-refractivity contribution in [3.63, 3.8) is 0 Å². The number of rotatable bonds is 6. The summed E-state index contributed by atoms with van der Waals surface area (Å²) in [5.41, 5.74) is 2.28. The number of thiophene rings is 2. The molecule has 0 atom stereocenters. The van der Waals surface area contributed by atoms with Gasteiger partial charge in [0, 0.05) is 23.8 Å². The zero-order chi connectivity index (χ0) is 25.3. The minimum Gasteiger partial charge on any atom is -0.465 e. The molecule has 0 saturated carbocycles. The molecule has 2 rings (SSSR count). The molecule has 0 bridgehead atoms. The summed E-state index contributed by atoms with van der Waals surface area (Å²) in [7, 11) is 2.73. The van der Waals surface area contributed by atoms with Gasteiger partial charge in [0.2, 0.25) is 0 Å². The molecule has 0 aliphatic rings. The second-order valence-electron chi connectivity index (χ2n) is 7.92. The maximum absolute atomic E-state index is 12.2. The lowest BCUT2D eigenvalue weighted by molar-refractivity contribution is 0.0574. The first-order chi connectivity index (χ1) is 15.4. The number of anilines is 2. The Hall–Kier alpha value is -2.59. The van der Waals surface area contributed by atoms with E-state index < -0.39 is 17.7 Å². The van der Waals surface area contributed by atoms with Crippen LogP contribution in [0.15, 0.2) is 10.8 Å². The molecule has 8 nitrogen and oxygen atoms in total. The predicted octanol–water partition coefficient (Wildman–Crippen LogP) is 5.88.